The van der Waals surface area contributed by atoms with Gasteiger partial charge in [-0.05, 0) is 12.2 Å². The van der Waals surface area contributed by atoms with E-state index < -0.39 is 23.9 Å². The summed E-state index contributed by atoms with van der Waals surface area (Å²) in [5, 5.41) is 9.03. The first-order chi connectivity index (χ1) is 11.7. The number of ether oxygens (including phenoxy) is 3. The zero-order valence-corrected chi connectivity index (χ0v) is 12.7. The van der Waals surface area contributed by atoms with E-state index >= 15 is 0 Å². The minimum absolute atomic E-state index is 0.0290. The number of carbonyl (C=O) groups is 2. The number of hydrogen-bond acceptors (Lipinski definition) is 7. The van der Waals surface area contributed by atoms with Gasteiger partial charge in [-0.2, -0.15) is 5.26 Å². The average molecular weight is 356 g/mol. The number of nitriles is 1. The van der Waals surface area contributed by atoms with Crippen LogP contribution in [0.3, 0.4) is 0 Å². The number of carbonyl (C=O) groups excluding carboxylic acids is 2. The molecule has 0 aromatic heterocycles. The number of allylic oxidation sites excluding steroid dienone is 3. The zero-order chi connectivity index (χ0) is 18.4. The maximum absolute atomic E-state index is 12.2. The quantitative estimate of drug-likeness (QED) is 0.324. The molecule has 0 amide bonds. The first-order valence-electron chi connectivity index (χ1n) is 7.09. The smallest absolute Gasteiger partial charge is 0.469 e. The zero-order valence-electron chi connectivity index (χ0n) is 12.7. The summed E-state index contributed by atoms with van der Waals surface area (Å²) in [6.07, 6.45) is -1.16. The Hall–Kier alpha value is -2.80. The van der Waals surface area contributed by atoms with E-state index in [0.29, 0.717) is 5.70 Å². The SMILES string of the molecule is COC(=O)CC1=C/C(=C(/C#N)C(=O)OC(F)(F)F)C=CN1C1C2OC21. The van der Waals surface area contributed by atoms with Gasteiger partial charge in [-0.1, -0.05) is 0 Å². The van der Waals surface area contributed by atoms with E-state index in [9.17, 15) is 22.8 Å². The van der Waals surface area contributed by atoms with Crippen molar-refractivity contribution in [2.24, 2.45) is 0 Å². The number of rotatable bonds is 4. The number of methoxy groups -OCH3 is 1. The molecule has 0 radical (unpaired) electrons. The van der Waals surface area contributed by atoms with Crippen molar-refractivity contribution in [1.29, 1.82) is 5.26 Å². The van der Waals surface area contributed by atoms with Gasteiger partial charge in [0.2, 0.25) is 0 Å². The lowest BCUT2D eigenvalue weighted by atomic mass is 10.0. The Morgan fingerprint density at radius 1 is 1.40 bits per heavy atom. The molecule has 7 nitrogen and oxygen atoms in total. The van der Waals surface area contributed by atoms with E-state index in [-0.39, 0.29) is 30.2 Å². The summed E-state index contributed by atoms with van der Waals surface area (Å²) in [6.45, 7) is 0. The Labute approximate surface area is 139 Å². The van der Waals surface area contributed by atoms with Crippen LogP contribution < -0.4 is 0 Å². The van der Waals surface area contributed by atoms with Gasteiger partial charge in [-0.15, -0.1) is 13.2 Å². The third-order valence-corrected chi connectivity index (χ3v) is 3.85. The summed E-state index contributed by atoms with van der Waals surface area (Å²) in [5.74, 6) is -2.38. The first kappa shape index (κ1) is 17.0. The molecule has 1 aliphatic carbocycles. The predicted octanol–water partition coefficient (Wildman–Crippen LogP) is 1.30. The molecular weight excluding hydrogens is 345 g/mol. The summed E-state index contributed by atoms with van der Waals surface area (Å²) in [5.41, 5.74) is -0.507. The van der Waals surface area contributed by atoms with Gasteiger partial charge in [-0.25, -0.2) is 4.79 Å². The van der Waals surface area contributed by atoms with Crippen molar-refractivity contribution in [3.05, 3.63) is 35.2 Å². The Balaban J connectivity index is 1.88. The fourth-order valence-corrected chi connectivity index (χ4v) is 2.52. The van der Waals surface area contributed by atoms with Crippen LogP contribution in [0.15, 0.2) is 35.2 Å². The van der Waals surface area contributed by atoms with Crippen molar-refractivity contribution in [3.8, 4) is 6.07 Å². The molecule has 3 rings (SSSR count). The third kappa shape index (κ3) is 3.51. The number of epoxide rings is 1. The summed E-state index contributed by atoms with van der Waals surface area (Å²) in [6, 6.07) is 1.44. The largest absolute Gasteiger partial charge is 0.575 e. The molecule has 0 N–H and O–H groups in total. The van der Waals surface area contributed by atoms with E-state index in [1.807, 2.05) is 0 Å². The number of nitrogens with zero attached hydrogens (tertiary/aromatic N) is 2. The first-order valence-corrected chi connectivity index (χ1v) is 7.09. The topological polar surface area (TPSA) is 92.2 Å². The van der Waals surface area contributed by atoms with Crippen molar-refractivity contribution in [3.63, 3.8) is 0 Å². The second-order valence-corrected chi connectivity index (χ2v) is 5.44. The second kappa shape index (κ2) is 5.93. The number of alkyl halides is 3. The predicted molar refractivity (Wildman–Crippen MR) is 72.9 cm³/mol. The van der Waals surface area contributed by atoms with Gasteiger partial charge in [0.1, 0.15) is 23.9 Å². The minimum Gasteiger partial charge on any atom is -0.469 e. The molecular formula is C15H11F3N2O5. The number of fused-ring (bicyclic) bond motifs is 1. The molecule has 0 aromatic carbocycles. The Morgan fingerprint density at radius 3 is 2.56 bits per heavy atom. The maximum Gasteiger partial charge on any atom is 0.575 e. The summed E-state index contributed by atoms with van der Waals surface area (Å²) < 4.78 is 49.6. The Morgan fingerprint density at radius 2 is 2.08 bits per heavy atom. The third-order valence-electron chi connectivity index (χ3n) is 3.85. The highest BCUT2D eigenvalue weighted by atomic mass is 19.4. The molecule has 25 heavy (non-hydrogen) atoms. The van der Waals surface area contributed by atoms with Crippen molar-refractivity contribution in [1.82, 2.24) is 4.90 Å². The fourth-order valence-electron chi connectivity index (χ4n) is 2.52. The van der Waals surface area contributed by atoms with Gasteiger partial charge >= 0.3 is 18.3 Å². The van der Waals surface area contributed by atoms with Crippen LogP contribution in [0.25, 0.3) is 0 Å². The van der Waals surface area contributed by atoms with Crippen LogP contribution in [0, 0.1) is 11.3 Å². The molecule has 2 unspecified atom stereocenters. The van der Waals surface area contributed by atoms with Crippen LogP contribution in [0.5, 0.6) is 0 Å². The van der Waals surface area contributed by atoms with Crippen molar-refractivity contribution < 1.29 is 37.0 Å². The Kier molecular flexibility index (Phi) is 4.04. The number of halogens is 3. The molecule has 3 aliphatic rings. The summed E-state index contributed by atoms with van der Waals surface area (Å²) in [4.78, 5) is 24.8. The molecule has 10 heteroatoms. The molecule has 0 aromatic rings. The lowest BCUT2D eigenvalue weighted by molar-refractivity contribution is -0.303. The summed E-state index contributed by atoms with van der Waals surface area (Å²) in [7, 11) is 1.20. The van der Waals surface area contributed by atoms with Crippen molar-refractivity contribution in [2.45, 2.75) is 31.0 Å². The van der Waals surface area contributed by atoms with Crippen LogP contribution in [0.4, 0.5) is 13.2 Å². The van der Waals surface area contributed by atoms with Gasteiger partial charge in [0, 0.05) is 17.5 Å². The van der Waals surface area contributed by atoms with Gasteiger partial charge < -0.3 is 19.1 Å². The molecule has 2 aliphatic heterocycles. The number of esters is 2. The van der Waals surface area contributed by atoms with Crippen molar-refractivity contribution >= 4 is 11.9 Å². The second-order valence-electron chi connectivity index (χ2n) is 5.44. The average Bonchev–Trinajstić information content (AvgIpc) is 3.40. The van der Waals surface area contributed by atoms with Gasteiger partial charge in [-0.3, -0.25) is 4.79 Å². The molecule has 2 fully saturated rings. The summed E-state index contributed by atoms with van der Waals surface area (Å²) >= 11 is 0. The highest BCUT2D eigenvalue weighted by Crippen LogP contribution is 2.52. The fraction of sp³-hybridized carbons (Fsp3) is 0.400. The van der Waals surface area contributed by atoms with E-state index in [0.717, 1.165) is 0 Å². The van der Waals surface area contributed by atoms with Crippen molar-refractivity contribution in [2.75, 3.05) is 7.11 Å². The monoisotopic (exact) mass is 356 g/mol. The van der Waals surface area contributed by atoms with Gasteiger partial charge in [0.05, 0.1) is 19.6 Å². The molecule has 0 spiro atoms. The van der Waals surface area contributed by atoms with E-state index in [4.69, 9.17) is 10.00 Å². The number of hydrogen-bond donors (Lipinski definition) is 0. The highest BCUT2D eigenvalue weighted by Gasteiger charge is 2.70. The normalized spacial score (nSPS) is 28.4. The van der Waals surface area contributed by atoms with Crippen LogP contribution in [0.2, 0.25) is 0 Å². The molecule has 2 heterocycles. The minimum atomic E-state index is -5.20. The van der Waals surface area contributed by atoms with Crippen LogP contribution >= 0.6 is 0 Å². The maximum atomic E-state index is 12.2. The van der Waals surface area contributed by atoms with E-state index in [2.05, 4.69) is 9.47 Å². The molecule has 132 valence electrons. The standard InChI is InChI=1S/C15H11F3N2O5/c1-23-10(21)5-8-4-7(2-3-20(8)11-12-13(11)24-12)9(6-19)14(22)25-15(16,17)18/h2-4,11-13H,5H2,1H3/b9-7-. The molecule has 1 saturated heterocycles. The van der Waals surface area contributed by atoms with Crippen LogP contribution in [-0.2, 0) is 23.8 Å². The molecule has 1 saturated carbocycles. The van der Waals surface area contributed by atoms with Crippen LogP contribution in [-0.4, -0.2) is 48.6 Å². The lowest BCUT2D eigenvalue weighted by Crippen LogP contribution is -2.30. The lowest BCUT2D eigenvalue weighted by Gasteiger charge is -2.28. The highest BCUT2D eigenvalue weighted by molar-refractivity contribution is 5.95. The van der Waals surface area contributed by atoms with E-state index in [1.165, 1.54) is 31.5 Å². The molecule has 2 atom stereocenters. The van der Waals surface area contributed by atoms with E-state index in [1.54, 1.807) is 4.90 Å². The van der Waals surface area contributed by atoms with Crippen LogP contribution in [0.1, 0.15) is 6.42 Å². The Bertz CT molecular complexity index is 754. The van der Waals surface area contributed by atoms with Gasteiger partial charge in [0.25, 0.3) is 0 Å². The molecule has 0 bridgehead atoms. The van der Waals surface area contributed by atoms with Gasteiger partial charge in [0.15, 0.2) is 0 Å².